The molecule has 34 heavy (non-hydrogen) atoms. The quantitative estimate of drug-likeness (QED) is 0.465. The van der Waals surface area contributed by atoms with Crippen molar-refractivity contribution in [1.29, 1.82) is 0 Å². The minimum absolute atomic E-state index is 0.244. The molecule has 1 atom stereocenters. The second-order valence-corrected chi connectivity index (χ2v) is 10.6. The molecule has 0 bridgehead atoms. The molecule has 0 saturated heterocycles. The fraction of sp³-hybridized carbons (Fsp3) is 0.462. The van der Waals surface area contributed by atoms with Crippen molar-refractivity contribution in [1.82, 2.24) is 10.2 Å². The Labute approximate surface area is 204 Å². The normalized spacial score (nSPS) is 12.1. The van der Waals surface area contributed by atoms with Gasteiger partial charge in [-0.2, -0.15) is 0 Å². The van der Waals surface area contributed by atoms with Gasteiger partial charge in [0.2, 0.25) is 21.8 Å². The monoisotopic (exact) mass is 487 g/mol. The smallest absolute Gasteiger partial charge is 0.244 e. The summed E-state index contributed by atoms with van der Waals surface area (Å²) in [5.41, 5.74) is 3.43. The summed E-state index contributed by atoms with van der Waals surface area (Å²) < 4.78 is 26.3. The maximum absolute atomic E-state index is 13.5. The molecular weight excluding hydrogens is 450 g/mol. The number of carbonyl (C=O) groups excluding carboxylic acids is 2. The Hall–Kier alpha value is -2.87. The summed E-state index contributed by atoms with van der Waals surface area (Å²) in [6, 6.07) is 14.3. The van der Waals surface area contributed by atoms with E-state index in [-0.39, 0.29) is 12.5 Å². The molecule has 2 amide bonds. The highest BCUT2D eigenvalue weighted by Gasteiger charge is 2.29. The number of unbranched alkanes of at least 4 members (excludes halogenated alkanes) is 1. The van der Waals surface area contributed by atoms with E-state index in [4.69, 9.17) is 0 Å². The number of hydrogen-bond donors (Lipinski definition) is 1. The van der Waals surface area contributed by atoms with E-state index in [1.54, 1.807) is 19.1 Å². The summed E-state index contributed by atoms with van der Waals surface area (Å²) in [4.78, 5) is 27.7. The van der Waals surface area contributed by atoms with Crippen LogP contribution in [0.2, 0.25) is 0 Å². The molecule has 0 unspecified atom stereocenters. The van der Waals surface area contributed by atoms with Crippen LogP contribution >= 0.6 is 0 Å². The average molecular weight is 488 g/mol. The number of nitrogens with one attached hydrogen (secondary N) is 1. The second kappa shape index (κ2) is 12.6. The van der Waals surface area contributed by atoms with Crippen LogP contribution in [-0.4, -0.2) is 57.1 Å². The van der Waals surface area contributed by atoms with Crippen LogP contribution in [0.3, 0.4) is 0 Å². The Bertz CT molecular complexity index is 1070. The third-order valence-electron chi connectivity index (χ3n) is 5.94. The van der Waals surface area contributed by atoms with Crippen molar-refractivity contribution in [3.05, 3.63) is 65.2 Å². The summed E-state index contributed by atoms with van der Waals surface area (Å²) in [6.07, 6.45) is 3.45. The fourth-order valence-corrected chi connectivity index (χ4v) is 4.44. The van der Waals surface area contributed by atoms with Crippen molar-refractivity contribution >= 4 is 27.5 Å². The van der Waals surface area contributed by atoms with Gasteiger partial charge in [0.05, 0.1) is 11.9 Å². The number of carbonyl (C=O) groups is 2. The maximum atomic E-state index is 13.5. The largest absolute Gasteiger partial charge is 0.354 e. The van der Waals surface area contributed by atoms with E-state index in [0.29, 0.717) is 25.2 Å². The van der Waals surface area contributed by atoms with Crippen molar-refractivity contribution in [3.8, 4) is 0 Å². The number of sulfonamides is 1. The van der Waals surface area contributed by atoms with Crippen LogP contribution in [-0.2, 0) is 26.0 Å². The molecular formula is C26H37N3O4S. The lowest BCUT2D eigenvalue weighted by Crippen LogP contribution is -2.52. The Kier molecular flexibility index (Phi) is 10.1. The first kappa shape index (κ1) is 27.4. The molecule has 186 valence electrons. The molecule has 7 nitrogen and oxygen atoms in total. The van der Waals surface area contributed by atoms with Gasteiger partial charge in [-0.15, -0.1) is 0 Å². The number of rotatable bonds is 12. The molecule has 0 spiro atoms. The Morgan fingerprint density at radius 3 is 2.29 bits per heavy atom. The van der Waals surface area contributed by atoms with Crippen molar-refractivity contribution in [2.24, 2.45) is 0 Å². The minimum atomic E-state index is -3.72. The van der Waals surface area contributed by atoms with Crippen LogP contribution in [0, 0.1) is 13.8 Å². The van der Waals surface area contributed by atoms with Crippen molar-refractivity contribution in [3.63, 3.8) is 0 Å². The van der Waals surface area contributed by atoms with Gasteiger partial charge in [-0.25, -0.2) is 8.42 Å². The summed E-state index contributed by atoms with van der Waals surface area (Å²) in [6.45, 7) is 8.04. The van der Waals surface area contributed by atoms with Gasteiger partial charge in [0.25, 0.3) is 0 Å². The van der Waals surface area contributed by atoms with Gasteiger partial charge in [0.1, 0.15) is 12.6 Å². The van der Waals surface area contributed by atoms with Crippen molar-refractivity contribution in [2.75, 3.05) is 30.2 Å². The number of anilines is 1. The lowest BCUT2D eigenvalue weighted by atomic mass is 10.1. The third kappa shape index (κ3) is 7.87. The highest BCUT2D eigenvalue weighted by molar-refractivity contribution is 7.92. The molecule has 0 heterocycles. The maximum Gasteiger partial charge on any atom is 0.244 e. The van der Waals surface area contributed by atoms with E-state index in [2.05, 4.69) is 5.32 Å². The highest BCUT2D eigenvalue weighted by atomic mass is 32.2. The molecule has 0 aliphatic carbocycles. The summed E-state index contributed by atoms with van der Waals surface area (Å²) >= 11 is 0. The third-order valence-corrected chi connectivity index (χ3v) is 7.08. The molecule has 0 aromatic heterocycles. The second-order valence-electron chi connectivity index (χ2n) is 8.68. The predicted octanol–water partition coefficient (Wildman–Crippen LogP) is 3.45. The SMILES string of the molecule is CCCCNC(=O)[C@H](C)N(CCc1ccccc1)C(=O)CN(c1ccc(C)c(C)c1)S(C)(=O)=O. The number of hydrogen-bond acceptors (Lipinski definition) is 4. The number of nitrogens with zero attached hydrogens (tertiary/aromatic N) is 2. The lowest BCUT2D eigenvalue weighted by Gasteiger charge is -2.31. The van der Waals surface area contributed by atoms with Gasteiger partial charge >= 0.3 is 0 Å². The van der Waals surface area contributed by atoms with Gasteiger partial charge in [-0.1, -0.05) is 49.7 Å². The average Bonchev–Trinajstić information content (AvgIpc) is 2.79. The van der Waals surface area contributed by atoms with E-state index < -0.39 is 22.0 Å². The summed E-state index contributed by atoms with van der Waals surface area (Å²) in [7, 11) is -3.72. The van der Waals surface area contributed by atoms with Crippen LogP contribution in [0.1, 0.15) is 43.4 Å². The Balaban J connectivity index is 2.29. The molecule has 2 rings (SSSR count). The number of benzene rings is 2. The Morgan fingerprint density at radius 2 is 1.71 bits per heavy atom. The van der Waals surface area contributed by atoms with Gasteiger partial charge in [0, 0.05) is 13.1 Å². The van der Waals surface area contributed by atoms with Gasteiger partial charge < -0.3 is 10.2 Å². The van der Waals surface area contributed by atoms with Gasteiger partial charge in [-0.3, -0.25) is 13.9 Å². The van der Waals surface area contributed by atoms with E-state index >= 15 is 0 Å². The van der Waals surface area contributed by atoms with Crippen molar-refractivity contribution < 1.29 is 18.0 Å². The first-order valence-electron chi connectivity index (χ1n) is 11.7. The number of aryl methyl sites for hydroxylation is 2. The molecule has 0 saturated carbocycles. The molecule has 0 radical (unpaired) electrons. The van der Waals surface area contributed by atoms with Gasteiger partial charge in [0.15, 0.2) is 0 Å². The molecule has 2 aromatic carbocycles. The van der Waals surface area contributed by atoms with Crippen LogP contribution in [0.25, 0.3) is 0 Å². The first-order valence-corrected chi connectivity index (χ1v) is 13.6. The van der Waals surface area contributed by atoms with E-state index in [1.165, 1.54) is 4.90 Å². The molecule has 1 N–H and O–H groups in total. The topological polar surface area (TPSA) is 86.8 Å². The van der Waals surface area contributed by atoms with Gasteiger partial charge in [-0.05, 0) is 62.4 Å². The predicted molar refractivity (Wildman–Crippen MR) is 137 cm³/mol. The molecule has 0 aliphatic rings. The van der Waals surface area contributed by atoms with Crippen LogP contribution in [0.5, 0.6) is 0 Å². The van der Waals surface area contributed by atoms with Crippen LogP contribution in [0.4, 0.5) is 5.69 Å². The molecule has 8 heteroatoms. The molecule has 0 aliphatic heterocycles. The van der Waals surface area contributed by atoms with Crippen LogP contribution < -0.4 is 9.62 Å². The minimum Gasteiger partial charge on any atom is -0.354 e. The highest BCUT2D eigenvalue weighted by Crippen LogP contribution is 2.22. The first-order chi connectivity index (χ1) is 16.0. The summed E-state index contributed by atoms with van der Waals surface area (Å²) in [5.74, 6) is -0.662. The van der Waals surface area contributed by atoms with E-state index in [1.807, 2.05) is 57.2 Å². The van der Waals surface area contributed by atoms with Crippen molar-refractivity contribution in [2.45, 2.75) is 53.0 Å². The fourth-order valence-electron chi connectivity index (χ4n) is 3.60. The van der Waals surface area contributed by atoms with E-state index in [0.717, 1.165) is 40.1 Å². The molecule has 2 aromatic rings. The Morgan fingerprint density at radius 1 is 1.03 bits per heavy atom. The standard InChI is InChI=1S/C26H37N3O4S/c1-6-7-16-27-26(31)22(4)28(17-15-23-11-9-8-10-12-23)25(30)19-29(34(5,32)33)24-14-13-20(2)21(3)18-24/h8-14,18,22H,6-7,15-17,19H2,1-5H3,(H,27,31)/t22-/m0/s1. The zero-order valence-corrected chi connectivity index (χ0v) is 21.7. The molecule has 0 fully saturated rings. The van der Waals surface area contributed by atoms with E-state index in [9.17, 15) is 18.0 Å². The zero-order chi connectivity index (χ0) is 25.3. The van der Waals surface area contributed by atoms with Crippen LogP contribution in [0.15, 0.2) is 48.5 Å². The number of amides is 2. The zero-order valence-electron chi connectivity index (χ0n) is 20.9. The summed E-state index contributed by atoms with van der Waals surface area (Å²) in [5, 5.41) is 2.88. The lowest BCUT2D eigenvalue weighted by molar-refractivity contribution is -0.138.